The molecule has 114 valence electrons. The van der Waals surface area contributed by atoms with E-state index in [4.69, 9.17) is 0 Å². The molecule has 2 aromatic heterocycles. The minimum Gasteiger partial charge on any atom is -0.396 e. The van der Waals surface area contributed by atoms with Crippen LogP contribution in [0.5, 0.6) is 0 Å². The van der Waals surface area contributed by atoms with Crippen LogP contribution in [-0.2, 0) is 6.54 Å². The van der Waals surface area contributed by atoms with Crippen LogP contribution in [0.3, 0.4) is 0 Å². The van der Waals surface area contributed by atoms with Crippen LogP contribution in [0.25, 0.3) is 11.3 Å². The summed E-state index contributed by atoms with van der Waals surface area (Å²) in [6, 6.07) is 3.93. The van der Waals surface area contributed by atoms with Crippen LogP contribution >= 0.6 is 0 Å². The highest BCUT2D eigenvalue weighted by Gasteiger charge is 2.24. The molecular weight excluding hydrogens is 264 g/mol. The lowest BCUT2D eigenvalue weighted by molar-refractivity contribution is 0.113. The Morgan fingerprint density at radius 3 is 2.71 bits per heavy atom. The molecule has 2 aromatic rings. The maximum Gasteiger partial charge on any atom is 0.0710 e. The number of pyridine rings is 1. The van der Waals surface area contributed by atoms with Crippen molar-refractivity contribution < 1.29 is 5.11 Å². The Morgan fingerprint density at radius 1 is 1.29 bits per heavy atom. The average Bonchev–Trinajstić information content (AvgIpc) is 3.01. The standard InChI is InChI=1S/C16H24N4O/c1-3-16(4-2,12-21)11-18-9-14-10-19-20-15(14)13-6-5-7-17-8-13/h5-8,10,18,21H,3-4,9,11-12H2,1-2H3,(H,19,20). The second-order valence-electron chi connectivity index (χ2n) is 5.48. The summed E-state index contributed by atoms with van der Waals surface area (Å²) in [6.07, 6.45) is 7.36. The summed E-state index contributed by atoms with van der Waals surface area (Å²) in [5, 5.41) is 20.2. The van der Waals surface area contributed by atoms with Crippen LogP contribution in [0.1, 0.15) is 32.3 Å². The minimum atomic E-state index is -0.0296. The Hall–Kier alpha value is -1.72. The molecule has 3 N–H and O–H groups in total. The average molecular weight is 288 g/mol. The summed E-state index contributed by atoms with van der Waals surface area (Å²) in [5.74, 6) is 0. The lowest BCUT2D eigenvalue weighted by Crippen LogP contribution is -2.36. The fourth-order valence-corrected chi connectivity index (χ4v) is 2.45. The second kappa shape index (κ2) is 7.33. The van der Waals surface area contributed by atoms with Crippen LogP contribution < -0.4 is 5.32 Å². The molecule has 5 heteroatoms. The van der Waals surface area contributed by atoms with Gasteiger partial charge in [0.2, 0.25) is 0 Å². The molecule has 0 saturated carbocycles. The molecule has 0 fully saturated rings. The maximum atomic E-state index is 9.60. The quantitative estimate of drug-likeness (QED) is 0.697. The zero-order chi connectivity index (χ0) is 15.1. The molecule has 0 aromatic carbocycles. The Kier molecular flexibility index (Phi) is 5.47. The molecule has 2 heterocycles. The number of hydrogen-bond acceptors (Lipinski definition) is 4. The second-order valence-corrected chi connectivity index (χ2v) is 5.48. The Bertz CT molecular complexity index is 526. The first-order valence-electron chi connectivity index (χ1n) is 7.49. The van der Waals surface area contributed by atoms with E-state index in [0.717, 1.165) is 42.8 Å². The van der Waals surface area contributed by atoms with Crippen LogP contribution in [0, 0.1) is 5.41 Å². The zero-order valence-corrected chi connectivity index (χ0v) is 12.8. The van der Waals surface area contributed by atoms with Crippen molar-refractivity contribution in [1.29, 1.82) is 0 Å². The molecular formula is C16H24N4O. The lowest BCUT2D eigenvalue weighted by atomic mass is 9.83. The van der Waals surface area contributed by atoms with E-state index in [0.29, 0.717) is 0 Å². The van der Waals surface area contributed by atoms with Gasteiger partial charge in [0, 0.05) is 48.6 Å². The lowest BCUT2D eigenvalue weighted by Gasteiger charge is -2.29. The van der Waals surface area contributed by atoms with Crippen molar-refractivity contribution >= 4 is 0 Å². The van der Waals surface area contributed by atoms with E-state index < -0.39 is 0 Å². The number of aliphatic hydroxyl groups excluding tert-OH is 1. The van der Waals surface area contributed by atoms with Crippen molar-refractivity contribution in [3.63, 3.8) is 0 Å². The predicted molar refractivity (Wildman–Crippen MR) is 83.6 cm³/mol. The molecule has 5 nitrogen and oxygen atoms in total. The number of aromatic nitrogens is 3. The van der Waals surface area contributed by atoms with Crippen molar-refractivity contribution in [2.75, 3.05) is 13.2 Å². The first-order valence-corrected chi connectivity index (χ1v) is 7.49. The summed E-state index contributed by atoms with van der Waals surface area (Å²) >= 11 is 0. The molecule has 0 radical (unpaired) electrons. The van der Waals surface area contributed by atoms with Gasteiger partial charge in [-0.05, 0) is 25.0 Å². The van der Waals surface area contributed by atoms with Gasteiger partial charge >= 0.3 is 0 Å². The molecule has 0 aliphatic carbocycles. The van der Waals surface area contributed by atoms with Crippen molar-refractivity contribution in [2.24, 2.45) is 5.41 Å². The number of aliphatic hydroxyl groups is 1. The van der Waals surface area contributed by atoms with Crippen molar-refractivity contribution in [1.82, 2.24) is 20.5 Å². The van der Waals surface area contributed by atoms with Crippen molar-refractivity contribution in [2.45, 2.75) is 33.2 Å². The Balaban J connectivity index is 2.01. The van der Waals surface area contributed by atoms with Gasteiger partial charge in [-0.15, -0.1) is 0 Å². The van der Waals surface area contributed by atoms with E-state index >= 15 is 0 Å². The largest absolute Gasteiger partial charge is 0.396 e. The summed E-state index contributed by atoms with van der Waals surface area (Å²) in [5.41, 5.74) is 3.12. The third-order valence-electron chi connectivity index (χ3n) is 4.32. The SMILES string of the molecule is CCC(CC)(CO)CNCc1cn[nH]c1-c1cccnc1. The number of rotatable bonds is 8. The van der Waals surface area contributed by atoms with Gasteiger partial charge in [-0.1, -0.05) is 13.8 Å². The van der Waals surface area contributed by atoms with Crippen LogP contribution in [0.2, 0.25) is 0 Å². The summed E-state index contributed by atoms with van der Waals surface area (Å²) in [4.78, 5) is 4.14. The molecule has 0 amide bonds. The van der Waals surface area contributed by atoms with E-state index in [1.165, 1.54) is 0 Å². The highest BCUT2D eigenvalue weighted by molar-refractivity contribution is 5.61. The van der Waals surface area contributed by atoms with E-state index in [2.05, 4.69) is 34.3 Å². The summed E-state index contributed by atoms with van der Waals surface area (Å²) in [7, 11) is 0. The monoisotopic (exact) mass is 288 g/mol. The maximum absolute atomic E-state index is 9.60. The van der Waals surface area contributed by atoms with E-state index in [1.807, 2.05) is 24.5 Å². The van der Waals surface area contributed by atoms with Gasteiger partial charge in [0.15, 0.2) is 0 Å². The fourth-order valence-electron chi connectivity index (χ4n) is 2.45. The first kappa shape index (κ1) is 15.7. The molecule has 0 unspecified atom stereocenters. The summed E-state index contributed by atoms with van der Waals surface area (Å²) in [6.45, 7) is 5.99. The molecule has 0 saturated heterocycles. The molecule has 2 rings (SSSR count). The smallest absolute Gasteiger partial charge is 0.0710 e. The van der Waals surface area contributed by atoms with E-state index in [-0.39, 0.29) is 12.0 Å². The Morgan fingerprint density at radius 2 is 2.10 bits per heavy atom. The van der Waals surface area contributed by atoms with E-state index in [1.54, 1.807) is 6.20 Å². The van der Waals surface area contributed by atoms with Crippen molar-refractivity contribution in [3.8, 4) is 11.3 Å². The number of aromatic amines is 1. The molecule has 0 atom stereocenters. The van der Waals surface area contributed by atoms with Crippen LogP contribution in [-0.4, -0.2) is 33.4 Å². The van der Waals surface area contributed by atoms with Crippen LogP contribution in [0.4, 0.5) is 0 Å². The fraction of sp³-hybridized carbons (Fsp3) is 0.500. The van der Waals surface area contributed by atoms with Gasteiger partial charge in [-0.3, -0.25) is 10.1 Å². The van der Waals surface area contributed by atoms with E-state index in [9.17, 15) is 5.11 Å². The van der Waals surface area contributed by atoms with Gasteiger partial charge in [-0.2, -0.15) is 5.10 Å². The molecule has 0 bridgehead atoms. The highest BCUT2D eigenvalue weighted by Crippen LogP contribution is 2.25. The third-order valence-corrected chi connectivity index (χ3v) is 4.32. The highest BCUT2D eigenvalue weighted by atomic mass is 16.3. The predicted octanol–water partition coefficient (Wildman–Crippen LogP) is 2.36. The summed E-state index contributed by atoms with van der Waals surface area (Å²) < 4.78 is 0. The minimum absolute atomic E-state index is 0.0296. The number of nitrogens with one attached hydrogen (secondary N) is 2. The number of hydrogen-bond donors (Lipinski definition) is 3. The first-order chi connectivity index (χ1) is 10.2. The number of nitrogens with zero attached hydrogens (tertiary/aromatic N) is 2. The molecule has 0 aliphatic heterocycles. The number of H-pyrrole nitrogens is 1. The third kappa shape index (κ3) is 3.68. The van der Waals surface area contributed by atoms with Gasteiger partial charge < -0.3 is 10.4 Å². The van der Waals surface area contributed by atoms with Gasteiger partial charge in [0.05, 0.1) is 11.9 Å². The topological polar surface area (TPSA) is 73.8 Å². The van der Waals surface area contributed by atoms with Crippen LogP contribution in [0.15, 0.2) is 30.7 Å². The molecule has 0 aliphatic rings. The normalized spacial score (nSPS) is 11.8. The zero-order valence-electron chi connectivity index (χ0n) is 12.8. The van der Waals surface area contributed by atoms with Gasteiger partial charge in [0.25, 0.3) is 0 Å². The van der Waals surface area contributed by atoms with Gasteiger partial charge in [0.1, 0.15) is 0 Å². The molecule has 21 heavy (non-hydrogen) atoms. The van der Waals surface area contributed by atoms with Gasteiger partial charge in [-0.25, -0.2) is 0 Å². The molecule has 0 spiro atoms. The van der Waals surface area contributed by atoms with Crippen molar-refractivity contribution in [3.05, 3.63) is 36.3 Å². The Labute approximate surface area is 125 Å².